The van der Waals surface area contributed by atoms with Gasteiger partial charge in [0.25, 0.3) is 0 Å². The summed E-state index contributed by atoms with van der Waals surface area (Å²) in [6.45, 7) is 12.7. The Balaban J connectivity index is 1.85. The molecular weight excluding hydrogens is 244 g/mol. The van der Waals surface area contributed by atoms with E-state index < -0.39 is 0 Å². The van der Waals surface area contributed by atoms with Gasteiger partial charge in [-0.2, -0.15) is 0 Å². The minimum atomic E-state index is 0.824. The molecule has 1 aliphatic heterocycles. The van der Waals surface area contributed by atoms with Crippen molar-refractivity contribution < 1.29 is 0 Å². The van der Waals surface area contributed by atoms with E-state index in [2.05, 4.69) is 55.3 Å². The molecule has 1 aromatic carbocycles. The van der Waals surface area contributed by atoms with E-state index in [-0.39, 0.29) is 0 Å². The van der Waals surface area contributed by atoms with Crippen LogP contribution in [-0.2, 0) is 13.1 Å². The van der Waals surface area contributed by atoms with Crippen molar-refractivity contribution in [1.82, 2.24) is 10.2 Å². The van der Waals surface area contributed by atoms with E-state index >= 15 is 0 Å². The summed E-state index contributed by atoms with van der Waals surface area (Å²) in [5.41, 5.74) is 2.88. The van der Waals surface area contributed by atoms with Crippen LogP contribution in [0.25, 0.3) is 0 Å². The molecule has 1 fully saturated rings. The second-order valence-corrected chi connectivity index (χ2v) is 6.52. The molecule has 1 saturated heterocycles. The summed E-state index contributed by atoms with van der Waals surface area (Å²) >= 11 is 0. The van der Waals surface area contributed by atoms with Gasteiger partial charge in [-0.3, -0.25) is 4.90 Å². The third-order valence-electron chi connectivity index (χ3n) is 4.41. The second-order valence-electron chi connectivity index (χ2n) is 6.52. The summed E-state index contributed by atoms with van der Waals surface area (Å²) < 4.78 is 0. The first-order chi connectivity index (χ1) is 9.69. The van der Waals surface area contributed by atoms with Crippen molar-refractivity contribution in [3.63, 3.8) is 0 Å². The highest BCUT2D eigenvalue weighted by Gasteiger charge is 2.24. The van der Waals surface area contributed by atoms with Gasteiger partial charge >= 0.3 is 0 Å². The Morgan fingerprint density at radius 3 is 2.80 bits per heavy atom. The van der Waals surface area contributed by atoms with E-state index in [4.69, 9.17) is 0 Å². The highest BCUT2D eigenvalue weighted by Crippen LogP contribution is 2.24. The molecule has 0 radical (unpaired) electrons. The lowest BCUT2D eigenvalue weighted by Gasteiger charge is -2.18. The predicted molar refractivity (Wildman–Crippen MR) is 86.7 cm³/mol. The van der Waals surface area contributed by atoms with Crippen LogP contribution in [0.2, 0.25) is 0 Å². The Morgan fingerprint density at radius 1 is 1.30 bits per heavy atom. The van der Waals surface area contributed by atoms with Crippen LogP contribution >= 0.6 is 0 Å². The molecule has 1 aliphatic rings. The first-order valence-corrected chi connectivity index (χ1v) is 8.20. The standard InChI is InChI=1S/C18H30N2/c1-4-9-19-12-16-6-5-7-17(11-16)13-20-10-8-18(14-20)15(2)3/h5-7,11,15,18-19H,4,8-10,12-14H2,1-3H3. The molecule has 0 saturated carbocycles. The van der Waals surface area contributed by atoms with Crippen LogP contribution in [0.3, 0.4) is 0 Å². The summed E-state index contributed by atoms with van der Waals surface area (Å²) in [7, 11) is 0. The topological polar surface area (TPSA) is 15.3 Å². The molecule has 1 heterocycles. The lowest BCUT2D eigenvalue weighted by atomic mass is 9.95. The van der Waals surface area contributed by atoms with Crippen LogP contribution in [0, 0.1) is 11.8 Å². The maximum atomic E-state index is 3.48. The largest absolute Gasteiger partial charge is 0.313 e. The van der Waals surface area contributed by atoms with Gasteiger partial charge in [-0.15, -0.1) is 0 Å². The Kier molecular flexibility index (Phi) is 6.06. The van der Waals surface area contributed by atoms with E-state index in [0.29, 0.717) is 0 Å². The fourth-order valence-corrected chi connectivity index (χ4v) is 3.06. The number of likely N-dealkylation sites (tertiary alicyclic amines) is 1. The Morgan fingerprint density at radius 2 is 2.10 bits per heavy atom. The molecule has 0 spiro atoms. The monoisotopic (exact) mass is 274 g/mol. The van der Waals surface area contributed by atoms with Crippen molar-refractivity contribution in [2.75, 3.05) is 19.6 Å². The number of rotatable bonds is 7. The van der Waals surface area contributed by atoms with E-state index in [1.54, 1.807) is 0 Å². The summed E-state index contributed by atoms with van der Waals surface area (Å²) in [5, 5.41) is 3.48. The van der Waals surface area contributed by atoms with Crippen LogP contribution < -0.4 is 5.32 Å². The third kappa shape index (κ3) is 4.60. The molecule has 1 aromatic rings. The van der Waals surface area contributed by atoms with Crippen LogP contribution in [0.4, 0.5) is 0 Å². The lowest BCUT2D eigenvalue weighted by molar-refractivity contribution is 0.297. The molecule has 2 heteroatoms. The summed E-state index contributed by atoms with van der Waals surface area (Å²) in [4.78, 5) is 2.61. The number of nitrogens with zero attached hydrogens (tertiary/aromatic N) is 1. The second kappa shape index (κ2) is 7.80. The molecule has 0 bridgehead atoms. The zero-order valence-electron chi connectivity index (χ0n) is 13.4. The first kappa shape index (κ1) is 15.5. The van der Waals surface area contributed by atoms with Gasteiger partial charge in [0.2, 0.25) is 0 Å². The van der Waals surface area contributed by atoms with Gasteiger partial charge in [0.1, 0.15) is 0 Å². The molecule has 2 nitrogen and oxygen atoms in total. The van der Waals surface area contributed by atoms with Crippen LogP contribution in [0.1, 0.15) is 44.7 Å². The zero-order valence-corrected chi connectivity index (χ0v) is 13.4. The molecule has 20 heavy (non-hydrogen) atoms. The predicted octanol–water partition coefficient (Wildman–Crippen LogP) is 3.66. The van der Waals surface area contributed by atoms with Crippen molar-refractivity contribution in [3.05, 3.63) is 35.4 Å². The van der Waals surface area contributed by atoms with Gasteiger partial charge in [0.15, 0.2) is 0 Å². The third-order valence-corrected chi connectivity index (χ3v) is 4.41. The Bertz CT molecular complexity index is 400. The van der Waals surface area contributed by atoms with Crippen LogP contribution in [-0.4, -0.2) is 24.5 Å². The molecule has 1 atom stereocenters. The van der Waals surface area contributed by atoms with Crippen molar-refractivity contribution in [1.29, 1.82) is 0 Å². The minimum absolute atomic E-state index is 0.824. The summed E-state index contributed by atoms with van der Waals surface area (Å²) in [5.74, 6) is 1.72. The normalized spacial score (nSPS) is 19.9. The van der Waals surface area contributed by atoms with Gasteiger partial charge < -0.3 is 5.32 Å². The fourth-order valence-electron chi connectivity index (χ4n) is 3.06. The van der Waals surface area contributed by atoms with E-state index in [9.17, 15) is 0 Å². The lowest BCUT2D eigenvalue weighted by Crippen LogP contribution is -2.21. The number of nitrogens with one attached hydrogen (secondary N) is 1. The maximum absolute atomic E-state index is 3.48. The fraction of sp³-hybridized carbons (Fsp3) is 0.667. The molecule has 0 amide bonds. The number of hydrogen-bond acceptors (Lipinski definition) is 2. The number of benzene rings is 1. The van der Waals surface area contributed by atoms with E-state index in [0.717, 1.165) is 31.5 Å². The summed E-state index contributed by atoms with van der Waals surface area (Å²) in [6, 6.07) is 9.07. The van der Waals surface area contributed by atoms with Gasteiger partial charge in [0.05, 0.1) is 0 Å². The van der Waals surface area contributed by atoms with Crippen molar-refractivity contribution >= 4 is 0 Å². The van der Waals surface area contributed by atoms with Crippen LogP contribution in [0.5, 0.6) is 0 Å². The number of hydrogen-bond donors (Lipinski definition) is 1. The van der Waals surface area contributed by atoms with Crippen molar-refractivity contribution in [2.45, 2.75) is 46.7 Å². The van der Waals surface area contributed by atoms with Crippen LogP contribution in [0.15, 0.2) is 24.3 Å². The van der Waals surface area contributed by atoms with Gasteiger partial charge in [-0.25, -0.2) is 0 Å². The van der Waals surface area contributed by atoms with Gasteiger partial charge in [-0.1, -0.05) is 45.0 Å². The van der Waals surface area contributed by atoms with Gasteiger partial charge in [-0.05, 0) is 48.9 Å². The molecule has 1 unspecified atom stereocenters. The molecule has 0 aromatic heterocycles. The summed E-state index contributed by atoms with van der Waals surface area (Å²) in [6.07, 6.45) is 2.57. The highest BCUT2D eigenvalue weighted by atomic mass is 15.1. The van der Waals surface area contributed by atoms with Crippen molar-refractivity contribution in [3.8, 4) is 0 Å². The average molecular weight is 274 g/mol. The SMILES string of the molecule is CCCNCc1cccc(CN2CCC(C(C)C)C2)c1. The molecular formula is C18H30N2. The van der Waals surface area contributed by atoms with E-state index in [1.165, 1.54) is 37.1 Å². The van der Waals surface area contributed by atoms with E-state index in [1.807, 2.05) is 0 Å². The molecule has 1 N–H and O–H groups in total. The zero-order chi connectivity index (χ0) is 14.4. The van der Waals surface area contributed by atoms with Gasteiger partial charge in [0, 0.05) is 19.6 Å². The Hall–Kier alpha value is -0.860. The Labute approximate surface area is 124 Å². The highest BCUT2D eigenvalue weighted by molar-refractivity contribution is 5.23. The quantitative estimate of drug-likeness (QED) is 0.763. The van der Waals surface area contributed by atoms with Crippen molar-refractivity contribution in [2.24, 2.45) is 11.8 Å². The maximum Gasteiger partial charge on any atom is 0.0233 e. The molecule has 0 aliphatic carbocycles. The first-order valence-electron chi connectivity index (χ1n) is 8.20. The minimum Gasteiger partial charge on any atom is -0.313 e. The average Bonchev–Trinajstić information content (AvgIpc) is 2.88. The molecule has 112 valence electrons. The smallest absolute Gasteiger partial charge is 0.0233 e. The molecule has 2 rings (SSSR count).